The van der Waals surface area contributed by atoms with Crippen LogP contribution in [0.25, 0.3) is 0 Å². The lowest BCUT2D eigenvalue weighted by Gasteiger charge is -2.36. The third-order valence-corrected chi connectivity index (χ3v) is 3.89. The molecule has 0 aromatic carbocycles. The fraction of sp³-hybridized carbons (Fsp3) is 0.818. The lowest BCUT2D eigenvalue weighted by molar-refractivity contribution is 0.150. The molecular weight excluding hydrogens is 196 g/mol. The molecule has 80 valence electrons. The van der Waals surface area contributed by atoms with Gasteiger partial charge in [-0.3, -0.25) is 0 Å². The van der Waals surface area contributed by atoms with Crippen LogP contribution >= 0.6 is 11.6 Å². The van der Waals surface area contributed by atoms with Crippen LogP contribution in [-0.4, -0.2) is 36.6 Å². The molecule has 2 nitrogen and oxygen atoms in total. The van der Waals surface area contributed by atoms with Crippen molar-refractivity contribution >= 4 is 11.6 Å². The SMILES string of the molecule is CN1C2CCC1CC(NC/C=C/Cl)C2. The van der Waals surface area contributed by atoms with Crippen molar-refractivity contribution in [2.24, 2.45) is 0 Å². The van der Waals surface area contributed by atoms with E-state index in [-0.39, 0.29) is 0 Å². The second-order valence-electron chi connectivity index (χ2n) is 4.49. The van der Waals surface area contributed by atoms with Gasteiger partial charge < -0.3 is 10.2 Å². The summed E-state index contributed by atoms with van der Waals surface area (Å²) in [7, 11) is 2.28. The van der Waals surface area contributed by atoms with Crippen molar-refractivity contribution in [3.05, 3.63) is 11.6 Å². The van der Waals surface area contributed by atoms with Crippen LogP contribution < -0.4 is 5.32 Å². The maximum absolute atomic E-state index is 5.48. The van der Waals surface area contributed by atoms with E-state index in [9.17, 15) is 0 Å². The standard InChI is InChI=1S/C11H19ClN2/c1-14-10-3-4-11(14)8-9(7-10)13-6-2-5-12/h2,5,9-11,13H,3-4,6-8H2,1H3/b5-2+. The Balaban J connectivity index is 1.81. The molecular formula is C11H19ClN2. The monoisotopic (exact) mass is 214 g/mol. The summed E-state index contributed by atoms with van der Waals surface area (Å²) < 4.78 is 0. The van der Waals surface area contributed by atoms with Gasteiger partial charge >= 0.3 is 0 Å². The number of hydrogen-bond acceptors (Lipinski definition) is 2. The lowest BCUT2D eigenvalue weighted by atomic mass is 9.98. The van der Waals surface area contributed by atoms with E-state index in [0.717, 1.165) is 18.6 Å². The van der Waals surface area contributed by atoms with Gasteiger partial charge in [-0.1, -0.05) is 17.7 Å². The van der Waals surface area contributed by atoms with E-state index in [2.05, 4.69) is 17.3 Å². The summed E-state index contributed by atoms with van der Waals surface area (Å²) in [6.07, 6.45) is 7.38. The van der Waals surface area contributed by atoms with Crippen LogP contribution in [0.3, 0.4) is 0 Å². The highest BCUT2D eigenvalue weighted by molar-refractivity contribution is 6.25. The Bertz CT molecular complexity index is 203. The number of nitrogens with one attached hydrogen (secondary N) is 1. The van der Waals surface area contributed by atoms with Gasteiger partial charge in [-0.25, -0.2) is 0 Å². The molecule has 0 aromatic heterocycles. The number of rotatable bonds is 3. The lowest BCUT2D eigenvalue weighted by Crippen LogP contribution is -2.47. The first-order valence-corrected chi connectivity index (χ1v) is 5.95. The molecule has 0 aliphatic carbocycles. The molecule has 2 rings (SSSR count). The van der Waals surface area contributed by atoms with Gasteiger partial charge in [-0.05, 0) is 32.7 Å². The van der Waals surface area contributed by atoms with Gasteiger partial charge in [0.2, 0.25) is 0 Å². The highest BCUT2D eigenvalue weighted by atomic mass is 35.5. The van der Waals surface area contributed by atoms with Crippen molar-refractivity contribution in [1.29, 1.82) is 0 Å². The third-order valence-electron chi connectivity index (χ3n) is 3.71. The summed E-state index contributed by atoms with van der Waals surface area (Å²) in [5, 5.41) is 3.55. The van der Waals surface area contributed by atoms with E-state index in [1.807, 2.05) is 6.08 Å². The largest absolute Gasteiger partial charge is 0.310 e. The smallest absolute Gasteiger partial charge is 0.0149 e. The molecule has 2 unspecified atom stereocenters. The third kappa shape index (κ3) is 2.13. The molecule has 0 spiro atoms. The van der Waals surface area contributed by atoms with Gasteiger partial charge in [0.05, 0.1) is 0 Å². The maximum Gasteiger partial charge on any atom is 0.0149 e. The predicted octanol–water partition coefficient (Wildman–Crippen LogP) is 1.95. The summed E-state index contributed by atoms with van der Waals surface area (Å²) in [5.41, 5.74) is 1.59. The minimum Gasteiger partial charge on any atom is -0.310 e. The molecule has 2 bridgehead atoms. The Morgan fingerprint density at radius 2 is 2.00 bits per heavy atom. The Morgan fingerprint density at radius 1 is 1.36 bits per heavy atom. The molecule has 0 aromatic rings. The minimum atomic E-state index is 0.705. The summed E-state index contributed by atoms with van der Waals surface area (Å²) in [5.74, 6) is 0. The molecule has 3 heteroatoms. The fourth-order valence-electron chi connectivity index (χ4n) is 2.86. The van der Waals surface area contributed by atoms with Crippen LogP contribution in [0, 0.1) is 0 Å². The first-order valence-electron chi connectivity index (χ1n) is 5.52. The molecule has 2 aliphatic rings. The van der Waals surface area contributed by atoms with Crippen LogP contribution in [0.1, 0.15) is 25.7 Å². The molecule has 2 atom stereocenters. The van der Waals surface area contributed by atoms with Gasteiger partial charge in [0.15, 0.2) is 0 Å². The van der Waals surface area contributed by atoms with Crippen LogP contribution in [0.5, 0.6) is 0 Å². The van der Waals surface area contributed by atoms with E-state index in [1.165, 1.54) is 25.7 Å². The summed E-state index contributed by atoms with van der Waals surface area (Å²) in [6.45, 7) is 0.914. The number of piperidine rings is 1. The van der Waals surface area contributed by atoms with Gasteiger partial charge in [0.25, 0.3) is 0 Å². The Hall–Kier alpha value is -0.0500. The van der Waals surface area contributed by atoms with E-state index in [4.69, 9.17) is 11.6 Å². The van der Waals surface area contributed by atoms with Crippen molar-refractivity contribution in [2.45, 2.75) is 43.8 Å². The minimum absolute atomic E-state index is 0.705. The number of nitrogens with zero attached hydrogens (tertiary/aromatic N) is 1. The molecule has 2 saturated heterocycles. The van der Waals surface area contributed by atoms with Crippen LogP contribution in [0.2, 0.25) is 0 Å². The average Bonchev–Trinajstić information content (AvgIpc) is 2.41. The molecule has 0 radical (unpaired) electrons. The van der Waals surface area contributed by atoms with Crippen molar-refractivity contribution < 1.29 is 0 Å². The van der Waals surface area contributed by atoms with Gasteiger partial charge in [-0.15, -0.1) is 0 Å². The number of hydrogen-bond donors (Lipinski definition) is 1. The van der Waals surface area contributed by atoms with Crippen LogP contribution in [0.4, 0.5) is 0 Å². The number of halogens is 1. The first kappa shape index (κ1) is 10.5. The van der Waals surface area contributed by atoms with Crippen molar-refractivity contribution in [3.8, 4) is 0 Å². The normalized spacial score (nSPS) is 38.3. The molecule has 2 heterocycles. The molecule has 14 heavy (non-hydrogen) atoms. The Morgan fingerprint density at radius 3 is 2.57 bits per heavy atom. The zero-order valence-corrected chi connectivity index (χ0v) is 9.50. The molecule has 2 fully saturated rings. The molecule has 1 N–H and O–H groups in total. The van der Waals surface area contributed by atoms with E-state index < -0.39 is 0 Å². The van der Waals surface area contributed by atoms with Crippen molar-refractivity contribution in [1.82, 2.24) is 10.2 Å². The maximum atomic E-state index is 5.48. The van der Waals surface area contributed by atoms with Crippen molar-refractivity contribution in [2.75, 3.05) is 13.6 Å². The summed E-state index contributed by atoms with van der Waals surface area (Å²) in [6, 6.07) is 2.36. The van der Waals surface area contributed by atoms with E-state index >= 15 is 0 Å². The average molecular weight is 215 g/mol. The Labute approximate surface area is 91.3 Å². The van der Waals surface area contributed by atoms with Gasteiger partial charge in [0.1, 0.15) is 0 Å². The highest BCUT2D eigenvalue weighted by Gasteiger charge is 2.37. The zero-order valence-electron chi connectivity index (χ0n) is 8.75. The van der Waals surface area contributed by atoms with Gasteiger partial charge in [-0.2, -0.15) is 0 Å². The van der Waals surface area contributed by atoms with Gasteiger partial charge in [0, 0.05) is 30.2 Å². The molecule has 0 amide bonds. The first-order chi connectivity index (χ1) is 6.81. The fourth-order valence-corrected chi connectivity index (χ4v) is 2.95. The number of fused-ring (bicyclic) bond motifs is 2. The molecule has 2 aliphatic heterocycles. The van der Waals surface area contributed by atoms with Crippen LogP contribution in [0.15, 0.2) is 11.6 Å². The van der Waals surface area contributed by atoms with Crippen molar-refractivity contribution in [3.63, 3.8) is 0 Å². The highest BCUT2D eigenvalue weighted by Crippen LogP contribution is 2.33. The molecule has 0 saturated carbocycles. The topological polar surface area (TPSA) is 15.3 Å². The second-order valence-corrected chi connectivity index (χ2v) is 4.74. The van der Waals surface area contributed by atoms with E-state index in [1.54, 1.807) is 5.54 Å². The van der Waals surface area contributed by atoms with Crippen LogP contribution in [-0.2, 0) is 0 Å². The Kier molecular flexibility index (Phi) is 3.47. The van der Waals surface area contributed by atoms with E-state index in [0.29, 0.717) is 6.04 Å². The second kappa shape index (κ2) is 4.65. The quantitative estimate of drug-likeness (QED) is 0.773. The predicted molar refractivity (Wildman–Crippen MR) is 60.6 cm³/mol. The zero-order chi connectivity index (χ0) is 9.97. The summed E-state index contributed by atoms with van der Waals surface area (Å²) in [4.78, 5) is 2.57. The summed E-state index contributed by atoms with van der Waals surface area (Å²) >= 11 is 5.48.